The summed E-state index contributed by atoms with van der Waals surface area (Å²) in [6.45, 7) is 6.84. The minimum Gasteiger partial charge on any atom is -0.348 e. The first-order chi connectivity index (χ1) is 10.1. The van der Waals surface area contributed by atoms with E-state index in [0.717, 1.165) is 24.4 Å². The molecule has 0 atom stereocenters. The lowest BCUT2D eigenvalue weighted by Crippen LogP contribution is -2.23. The van der Waals surface area contributed by atoms with Crippen LogP contribution < -0.4 is 4.90 Å². The number of carbonyl (C=O) groups excluding carboxylic acids is 1. The summed E-state index contributed by atoms with van der Waals surface area (Å²) in [6.07, 6.45) is 4.32. The number of benzene rings is 1. The minimum absolute atomic E-state index is 0.701. The van der Waals surface area contributed by atoms with E-state index in [1.165, 1.54) is 17.0 Å². The van der Waals surface area contributed by atoms with Crippen molar-refractivity contribution in [3.8, 4) is 0 Å². The van der Waals surface area contributed by atoms with Crippen LogP contribution in [0.2, 0.25) is 0 Å². The standard InChI is InChI=1S/C17H21N3O/c1-5-20-10-8-15-6-7-16(12-17(15)20)19(4)14(3)18-13(2)9-11-21/h6-12H,5H2,1-4H3/b13-9-,18-14?. The Morgan fingerprint density at radius 1 is 1.33 bits per heavy atom. The van der Waals surface area contributed by atoms with E-state index in [0.29, 0.717) is 5.70 Å². The molecule has 0 saturated carbocycles. The molecule has 0 fully saturated rings. The van der Waals surface area contributed by atoms with Gasteiger partial charge in [-0.3, -0.25) is 4.79 Å². The number of aromatic nitrogens is 1. The van der Waals surface area contributed by atoms with E-state index >= 15 is 0 Å². The van der Waals surface area contributed by atoms with Gasteiger partial charge in [-0.05, 0) is 50.4 Å². The summed E-state index contributed by atoms with van der Waals surface area (Å²) in [5.41, 5.74) is 3.00. The lowest BCUT2D eigenvalue weighted by Gasteiger charge is -2.19. The lowest BCUT2D eigenvalue weighted by atomic mass is 10.2. The predicted octanol–water partition coefficient (Wildman–Crippen LogP) is 3.62. The van der Waals surface area contributed by atoms with Gasteiger partial charge in [-0.1, -0.05) is 6.07 Å². The zero-order valence-corrected chi connectivity index (χ0v) is 13.0. The second-order valence-electron chi connectivity index (χ2n) is 5.01. The summed E-state index contributed by atoms with van der Waals surface area (Å²) in [5.74, 6) is 0.847. The molecule has 0 aliphatic rings. The molecule has 0 unspecified atom stereocenters. The highest BCUT2D eigenvalue weighted by Gasteiger charge is 2.07. The largest absolute Gasteiger partial charge is 0.348 e. The molecule has 4 heteroatoms. The van der Waals surface area contributed by atoms with Gasteiger partial charge in [0.2, 0.25) is 0 Å². The van der Waals surface area contributed by atoms with E-state index in [-0.39, 0.29) is 0 Å². The number of anilines is 1. The topological polar surface area (TPSA) is 37.6 Å². The summed E-state index contributed by atoms with van der Waals surface area (Å²) in [6, 6.07) is 8.49. The molecule has 1 aromatic carbocycles. The van der Waals surface area contributed by atoms with Crippen molar-refractivity contribution in [3.05, 3.63) is 42.2 Å². The fourth-order valence-electron chi connectivity index (χ4n) is 2.31. The minimum atomic E-state index is 0.701. The summed E-state index contributed by atoms with van der Waals surface area (Å²) < 4.78 is 2.22. The van der Waals surface area contributed by atoms with Gasteiger partial charge in [0.25, 0.3) is 0 Å². The van der Waals surface area contributed by atoms with Crippen LogP contribution >= 0.6 is 0 Å². The maximum absolute atomic E-state index is 10.5. The molecule has 0 N–H and O–H groups in total. The number of rotatable bonds is 4. The molecule has 1 aromatic heterocycles. The number of fused-ring (bicyclic) bond motifs is 1. The molecule has 2 aromatic rings. The molecule has 0 radical (unpaired) electrons. The number of aryl methyl sites for hydroxylation is 1. The Hall–Kier alpha value is -2.36. The predicted molar refractivity (Wildman–Crippen MR) is 88.9 cm³/mol. The van der Waals surface area contributed by atoms with Crippen LogP contribution in [0.5, 0.6) is 0 Å². The first-order valence-corrected chi connectivity index (χ1v) is 7.06. The van der Waals surface area contributed by atoms with Gasteiger partial charge in [0.15, 0.2) is 0 Å². The van der Waals surface area contributed by atoms with Crippen molar-refractivity contribution < 1.29 is 4.79 Å². The molecule has 0 bridgehead atoms. The third-order valence-corrected chi connectivity index (χ3v) is 3.62. The van der Waals surface area contributed by atoms with Crippen LogP contribution in [-0.2, 0) is 11.3 Å². The van der Waals surface area contributed by atoms with E-state index in [1.807, 2.05) is 25.8 Å². The maximum atomic E-state index is 10.5. The van der Waals surface area contributed by atoms with Crippen molar-refractivity contribution >= 4 is 28.7 Å². The third-order valence-electron chi connectivity index (χ3n) is 3.62. The summed E-state index contributed by atoms with van der Waals surface area (Å²) in [4.78, 5) is 16.9. The first-order valence-electron chi connectivity index (χ1n) is 7.06. The van der Waals surface area contributed by atoms with Gasteiger partial charge < -0.3 is 9.47 Å². The SMILES string of the molecule is CCn1ccc2ccc(N(C)C(C)=N/C(C)=C\C=O)cc21. The van der Waals surface area contributed by atoms with Crippen LogP contribution in [-0.4, -0.2) is 23.7 Å². The van der Waals surface area contributed by atoms with Gasteiger partial charge in [-0.2, -0.15) is 0 Å². The zero-order chi connectivity index (χ0) is 15.4. The highest BCUT2D eigenvalue weighted by atomic mass is 16.1. The van der Waals surface area contributed by atoms with E-state index in [1.54, 1.807) is 0 Å². The Labute approximate surface area is 125 Å². The fourth-order valence-corrected chi connectivity index (χ4v) is 2.31. The molecule has 0 aliphatic heterocycles. The molecule has 110 valence electrons. The fraction of sp³-hybridized carbons (Fsp3) is 0.294. The summed E-state index contributed by atoms with van der Waals surface area (Å²) in [7, 11) is 1.98. The van der Waals surface area contributed by atoms with Crippen molar-refractivity contribution in [3.63, 3.8) is 0 Å². The van der Waals surface area contributed by atoms with Crippen molar-refractivity contribution in [1.82, 2.24) is 4.57 Å². The van der Waals surface area contributed by atoms with Gasteiger partial charge in [-0.25, -0.2) is 4.99 Å². The van der Waals surface area contributed by atoms with Crippen LogP contribution in [0.4, 0.5) is 5.69 Å². The monoisotopic (exact) mass is 283 g/mol. The number of carbonyl (C=O) groups is 1. The van der Waals surface area contributed by atoms with E-state index in [2.05, 4.69) is 46.9 Å². The van der Waals surface area contributed by atoms with Crippen molar-refractivity contribution in [2.45, 2.75) is 27.3 Å². The number of allylic oxidation sites excluding steroid dienone is 2. The molecular formula is C17H21N3O. The number of aliphatic imine (C=N–C) groups is 1. The summed E-state index contributed by atoms with van der Waals surface area (Å²) >= 11 is 0. The molecule has 0 spiro atoms. The van der Waals surface area contributed by atoms with Crippen LogP contribution in [0.3, 0.4) is 0 Å². The van der Waals surface area contributed by atoms with Gasteiger partial charge in [0.1, 0.15) is 12.1 Å². The maximum Gasteiger partial charge on any atom is 0.144 e. The molecule has 0 saturated heterocycles. The average Bonchev–Trinajstić information content (AvgIpc) is 2.88. The highest BCUT2D eigenvalue weighted by Crippen LogP contribution is 2.23. The normalized spacial score (nSPS) is 12.8. The lowest BCUT2D eigenvalue weighted by molar-refractivity contribution is -0.104. The van der Waals surface area contributed by atoms with Crippen LogP contribution in [0.1, 0.15) is 20.8 Å². The number of aldehydes is 1. The number of hydrogen-bond acceptors (Lipinski definition) is 2. The van der Waals surface area contributed by atoms with Crippen molar-refractivity contribution in [2.75, 3.05) is 11.9 Å². The third kappa shape index (κ3) is 3.21. The quantitative estimate of drug-likeness (QED) is 0.372. The molecule has 4 nitrogen and oxygen atoms in total. The van der Waals surface area contributed by atoms with E-state index in [9.17, 15) is 4.79 Å². The van der Waals surface area contributed by atoms with Crippen LogP contribution in [0.25, 0.3) is 10.9 Å². The van der Waals surface area contributed by atoms with E-state index in [4.69, 9.17) is 0 Å². The summed E-state index contributed by atoms with van der Waals surface area (Å²) in [5, 5.41) is 1.24. The molecule has 0 amide bonds. The molecule has 2 rings (SSSR count). The Balaban J connectivity index is 2.36. The highest BCUT2D eigenvalue weighted by molar-refractivity contribution is 5.98. The molecular weight excluding hydrogens is 262 g/mol. The number of hydrogen-bond donors (Lipinski definition) is 0. The first kappa shape index (κ1) is 15.0. The van der Waals surface area contributed by atoms with E-state index < -0.39 is 0 Å². The smallest absolute Gasteiger partial charge is 0.144 e. The molecule has 21 heavy (non-hydrogen) atoms. The van der Waals surface area contributed by atoms with Gasteiger partial charge >= 0.3 is 0 Å². The average molecular weight is 283 g/mol. The Morgan fingerprint density at radius 3 is 2.76 bits per heavy atom. The molecule has 0 aliphatic carbocycles. The molecule has 1 heterocycles. The van der Waals surface area contributed by atoms with Crippen LogP contribution in [0, 0.1) is 0 Å². The van der Waals surface area contributed by atoms with Crippen molar-refractivity contribution in [1.29, 1.82) is 0 Å². The van der Waals surface area contributed by atoms with Crippen molar-refractivity contribution in [2.24, 2.45) is 4.99 Å². The second-order valence-corrected chi connectivity index (χ2v) is 5.01. The zero-order valence-electron chi connectivity index (χ0n) is 13.0. The van der Waals surface area contributed by atoms with Gasteiger partial charge in [0, 0.05) is 31.2 Å². The Bertz CT molecular complexity index is 710. The van der Waals surface area contributed by atoms with Gasteiger partial charge in [0.05, 0.1) is 5.52 Å². The Morgan fingerprint density at radius 2 is 2.10 bits per heavy atom. The number of amidine groups is 1. The van der Waals surface area contributed by atoms with Crippen LogP contribution in [0.15, 0.2) is 47.2 Å². The Kier molecular flexibility index (Phi) is 4.58. The number of nitrogens with zero attached hydrogens (tertiary/aromatic N) is 3. The van der Waals surface area contributed by atoms with Gasteiger partial charge in [-0.15, -0.1) is 0 Å². The second kappa shape index (κ2) is 6.39.